The van der Waals surface area contributed by atoms with Crippen LogP contribution in [-0.2, 0) is 30.7 Å². The summed E-state index contributed by atoms with van der Waals surface area (Å²) in [7, 11) is 0. The number of nitrogens with one attached hydrogen (secondary N) is 2. The van der Waals surface area contributed by atoms with Gasteiger partial charge in [0.1, 0.15) is 12.3 Å². The topological polar surface area (TPSA) is 42.8 Å². The summed E-state index contributed by atoms with van der Waals surface area (Å²) in [5, 5.41) is 2.93. The number of hydrogen-bond acceptors (Lipinski definition) is 2. The molecule has 0 saturated heterocycles. The van der Waals surface area contributed by atoms with E-state index in [1.807, 2.05) is 6.07 Å². The molecule has 2 aromatic carbocycles. The van der Waals surface area contributed by atoms with Crippen molar-refractivity contribution < 1.29 is 14.4 Å². The van der Waals surface area contributed by atoms with Crippen molar-refractivity contribution in [1.29, 1.82) is 0 Å². The van der Waals surface area contributed by atoms with Gasteiger partial charge in [0, 0.05) is 12.1 Å². The number of quaternary nitrogens is 1. The molecule has 4 heteroatoms. The molecule has 1 aliphatic rings. The zero-order valence-corrected chi connectivity index (χ0v) is 16.5. The average molecular weight is 368 g/mol. The molecule has 1 aliphatic carbocycles. The highest BCUT2D eigenvalue weighted by Gasteiger charge is 2.12. The fourth-order valence-corrected chi connectivity index (χ4v) is 3.60. The van der Waals surface area contributed by atoms with Crippen LogP contribution in [0.1, 0.15) is 42.5 Å². The van der Waals surface area contributed by atoms with Gasteiger partial charge in [0.15, 0.2) is 6.61 Å². The Labute approximate surface area is 162 Å². The van der Waals surface area contributed by atoms with Crippen molar-refractivity contribution in [1.82, 2.24) is 5.32 Å². The molecule has 27 heavy (non-hydrogen) atoms. The second kappa shape index (κ2) is 9.56. The highest BCUT2D eigenvalue weighted by atomic mass is 16.5. The van der Waals surface area contributed by atoms with E-state index in [1.54, 1.807) is 4.90 Å². The van der Waals surface area contributed by atoms with Gasteiger partial charge in [-0.2, -0.15) is 0 Å². The first kappa shape index (κ1) is 19.4. The minimum Gasteiger partial charge on any atom is -0.484 e. The molecule has 0 bridgehead atoms. The Morgan fingerprint density at radius 2 is 1.70 bits per heavy atom. The molecule has 0 fully saturated rings. The Kier molecular flexibility index (Phi) is 6.88. The normalized spacial score (nSPS) is 12.9. The van der Waals surface area contributed by atoms with E-state index < -0.39 is 0 Å². The summed E-state index contributed by atoms with van der Waals surface area (Å²) in [6, 6.07) is 14.7. The summed E-state index contributed by atoms with van der Waals surface area (Å²) in [4.78, 5) is 13.6. The minimum absolute atomic E-state index is 0.0577. The summed E-state index contributed by atoms with van der Waals surface area (Å²) in [5.74, 6) is 0.696. The first-order chi connectivity index (χ1) is 13.2. The van der Waals surface area contributed by atoms with E-state index in [-0.39, 0.29) is 12.5 Å². The predicted molar refractivity (Wildman–Crippen MR) is 108 cm³/mol. The number of fused-ring (bicyclic) bond motifs is 1. The zero-order chi connectivity index (χ0) is 19.1. The molecule has 3 rings (SSSR count). The van der Waals surface area contributed by atoms with Gasteiger partial charge in [-0.1, -0.05) is 30.3 Å². The Bertz CT molecular complexity index is 751. The average Bonchev–Trinajstić information content (AvgIpc) is 3.17. The fourth-order valence-electron chi connectivity index (χ4n) is 3.60. The first-order valence-electron chi connectivity index (χ1n) is 10.1. The summed E-state index contributed by atoms with van der Waals surface area (Å²) >= 11 is 0. The van der Waals surface area contributed by atoms with Gasteiger partial charge in [0.25, 0.3) is 5.91 Å². The number of rotatable bonds is 9. The number of aryl methyl sites for hydroxylation is 2. The highest BCUT2D eigenvalue weighted by molar-refractivity contribution is 5.77. The molecular formula is C23H31N2O2+. The predicted octanol–water partition coefficient (Wildman–Crippen LogP) is 2.30. The monoisotopic (exact) mass is 367 g/mol. The third-order valence-corrected chi connectivity index (χ3v) is 5.41. The van der Waals surface area contributed by atoms with E-state index in [0.29, 0.717) is 6.54 Å². The van der Waals surface area contributed by atoms with Crippen molar-refractivity contribution in [2.75, 3.05) is 19.7 Å². The Balaban J connectivity index is 1.42. The van der Waals surface area contributed by atoms with Gasteiger partial charge in [-0.15, -0.1) is 0 Å². The number of benzene rings is 2. The van der Waals surface area contributed by atoms with Gasteiger partial charge < -0.3 is 15.0 Å². The Hall–Kier alpha value is -2.33. The van der Waals surface area contributed by atoms with E-state index >= 15 is 0 Å². The largest absolute Gasteiger partial charge is 0.484 e. The Morgan fingerprint density at radius 1 is 1.00 bits per heavy atom. The van der Waals surface area contributed by atoms with Crippen LogP contribution in [-0.4, -0.2) is 25.6 Å². The summed E-state index contributed by atoms with van der Waals surface area (Å²) in [6.45, 7) is 8.35. The standard InChI is InChI=1S/C23H30N2O2/c1-3-25(4-2)16-19-10-8-18(9-11-19)15-24-23(26)17-27-22-13-12-20-6-5-7-21(20)14-22/h8-14H,3-7,15-17H2,1-2H3,(H,24,26)/p+1. The maximum Gasteiger partial charge on any atom is 0.258 e. The van der Waals surface area contributed by atoms with Gasteiger partial charge >= 0.3 is 0 Å². The molecule has 1 amide bonds. The van der Waals surface area contributed by atoms with Crippen LogP contribution in [0.5, 0.6) is 5.75 Å². The molecule has 0 unspecified atom stereocenters. The second-order valence-electron chi connectivity index (χ2n) is 7.30. The van der Waals surface area contributed by atoms with Gasteiger partial charge in [0.2, 0.25) is 0 Å². The van der Waals surface area contributed by atoms with Crippen molar-refractivity contribution in [2.24, 2.45) is 0 Å². The quantitative estimate of drug-likeness (QED) is 0.714. The van der Waals surface area contributed by atoms with Crippen LogP contribution in [0.2, 0.25) is 0 Å². The van der Waals surface area contributed by atoms with Crippen LogP contribution in [0.4, 0.5) is 0 Å². The number of carbonyl (C=O) groups excluding carboxylic acids is 1. The van der Waals surface area contributed by atoms with E-state index in [2.05, 4.69) is 55.6 Å². The molecule has 0 aliphatic heterocycles. The van der Waals surface area contributed by atoms with Crippen LogP contribution in [0.3, 0.4) is 0 Å². The number of hydrogen-bond donors (Lipinski definition) is 2. The van der Waals surface area contributed by atoms with Crippen molar-refractivity contribution in [3.63, 3.8) is 0 Å². The van der Waals surface area contributed by atoms with Crippen LogP contribution < -0.4 is 15.0 Å². The van der Waals surface area contributed by atoms with Crippen molar-refractivity contribution in [3.05, 3.63) is 64.7 Å². The molecule has 2 N–H and O–H groups in total. The van der Waals surface area contributed by atoms with Crippen molar-refractivity contribution >= 4 is 5.91 Å². The lowest BCUT2D eigenvalue weighted by Gasteiger charge is -2.15. The third-order valence-electron chi connectivity index (χ3n) is 5.41. The van der Waals surface area contributed by atoms with E-state index in [9.17, 15) is 4.79 Å². The molecule has 0 saturated carbocycles. The fraction of sp³-hybridized carbons (Fsp3) is 0.435. The molecule has 0 aromatic heterocycles. The van der Waals surface area contributed by atoms with Crippen LogP contribution in [0.25, 0.3) is 0 Å². The number of ether oxygens (including phenoxy) is 1. The van der Waals surface area contributed by atoms with Crippen LogP contribution in [0.15, 0.2) is 42.5 Å². The summed E-state index contributed by atoms with van der Waals surface area (Å²) < 4.78 is 5.65. The minimum atomic E-state index is -0.0906. The smallest absolute Gasteiger partial charge is 0.258 e. The molecule has 2 aromatic rings. The lowest BCUT2D eigenvalue weighted by molar-refractivity contribution is -0.910. The molecule has 0 atom stereocenters. The second-order valence-corrected chi connectivity index (χ2v) is 7.30. The lowest BCUT2D eigenvalue weighted by Crippen LogP contribution is -3.10. The molecule has 0 radical (unpaired) electrons. The number of carbonyl (C=O) groups is 1. The van der Waals surface area contributed by atoms with Gasteiger partial charge in [-0.25, -0.2) is 0 Å². The molecule has 4 nitrogen and oxygen atoms in total. The van der Waals surface area contributed by atoms with Gasteiger partial charge in [0.05, 0.1) is 13.1 Å². The van der Waals surface area contributed by atoms with Crippen molar-refractivity contribution in [2.45, 2.75) is 46.2 Å². The molecular weight excluding hydrogens is 336 g/mol. The highest BCUT2D eigenvalue weighted by Crippen LogP contribution is 2.25. The molecule has 0 spiro atoms. The Morgan fingerprint density at radius 3 is 2.44 bits per heavy atom. The maximum atomic E-state index is 12.1. The van der Waals surface area contributed by atoms with E-state index in [4.69, 9.17) is 4.74 Å². The lowest BCUT2D eigenvalue weighted by atomic mass is 10.1. The summed E-state index contributed by atoms with van der Waals surface area (Å²) in [6.07, 6.45) is 3.49. The summed E-state index contributed by atoms with van der Waals surface area (Å²) in [5.41, 5.74) is 5.22. The SMILES string of the molecule is CC[NH+](CC)Cc1ccc(CNC(=O)COc2ccc3c(c2)CCC3)cc1. The maximum absolute atomic E-state index is 12.1. The van der Waals surface area contributed by atoms with Gasteiger partial charge in [-0.05, 0) is 61.9 Å². The third kappa shape index (κ3) is 5.57. The molecule has 144 valence electrons. The van der Waals surface area contributed by atoms with Gasteiger partial charge in [-0.3, -0.25) is 4.79 Å². The van der Waals surface area contributed by atoms with Crippen LogP contribution >= 0.6 is 0 Å². The number of amides is 1. The van der Waals surface area contributed by atoms with Crippen LogP contribution in [0, 0.1) is 0 Å². The molecule has 0 heterocycles. The van der Waals surface area contributed by atoms with E-state index in [1.165, 1.54) is 23.1 Å². The zero-order valence-electron chi connectivity index (χ0n) is 16.5. The first-order valence-corrected chi connectivity index (χ1v) is 10.1. The van der Waals surface area contributed by atoms with E-state index in [0.717, 1.165) is 43.8 Å². The van der Waals surface area contributed by atoms with Crippen molar-refractivity contribution in [3.8, 4) is 5.75 Å².